The lowest BCUT2D eigenvalue weighted by molar-refractivity contribution is -0.137. The topological polar surface area (TPSA) is 53.7 Å². The van der Waals surface area contributed by atoms with Gasteiger partial charge in [-0.2, -0.15) is 13.2 Å². The largest absolute Gasteiger partial charge is 0.407 e. The van der Waals surface area contributed by atoms with Crippen LogP contribution in [0.1, 0.15) is 12.5 Å². The summed E-state index contributed by atoms with van der Waals surface area (Å²) in [6, 6.07) is 2.80. The van der Waals surface area contributed by atoms with Gasteiger partial charge in [-0.3, -0.25) is 4.79 Å². The highest BCUT2D eigenvalue weighted by Crippen LogP contribution is 2.38. The van der Waals surface area contributed by atoms with Crippen molar-refractivity contribution in [1.29, 1.82) is 0 Å². The number of alkyl halides is 4. The van der Waals surface area contributed by atoms with Gasteiger partial charge in [0, 0.05) is 11.0 Å². The smallest absolute Gasteiger partial charge is 0.379 e. The van der Waals surface area contributed by atoms with Crippen LogP contribution in [-0.2, 0) is 11.0 Å². The summed E-state index contributed by atoms with van der Waals surface area (Å²) in [6.45, 7) is 7.91. The van der Waals surface area contributed by atoms with E-state index in [0.717, 1.165) is 6.07 Å². The molecule has 0 saturated heterocycles. The van der Waals surface area contributed by atoms with Crippen LogP contribution in [0.5, 0.6) is 0 Å². The third-order valence-electron chi connectivity index (χ3n) is 2.43. The zero-order valence-electron chi connectivity index (χ0n) is 10.3. The van der Waals surface area contributed by atoms with Crippen molar-refractivity contribution >= 4 is 33.2 Å². The normalized spacial score (nSPS) is 14.2. The molecule has 0 aliphatic rings. The van der Waals surface area contributed by atoms with Crippen LogP contribution in [0, 0.1) is 6.57 Å². The Balaban J connectivity index is 3.12. The van der Waals surface area contributed by atoms with Gasteiger partial charge in [0.25, 0.3) is 5.91 Å². The molecule has 0 radical (unpaired) electrons. The summed E-state index contributed by atoms with van der Waals surface area (Å²) in [6.07, 6.45) is -4.70. The molecule has 0 bridgehead atoms. The van der Waals surface area contributed by atoms with Gasteiger partial charge in [0.2, 0.25) is 0 Å². The molecule has 1 rings (SSSR count). The molecule has 8 heteroatoms. The second-order valence-corrected chi connectivity index (χ2v) is 4.76. The third-order valence-corrected chi connectivity index (χ3v) is 3.52. The highest BCUT2D eigenvalue weighted by Gasteiger charge is 2.34. The number of halogens is 4. The first-order valence-corrected chi connectivity index (χ1v) is 6.42. The average molecular weight is 351 g/mol. The number of rotatable bonds is 3. The molecule has 20 heavy (non-hydrogen) atoms. The molecule has 0 heterocycles. The summed E-state index contributed by atoms with van der Waals surface area (Å²) in [4.78, 5) is 14.4. The Morgan fingerprint density at radius 2 is 2.10 bits per heavy atom. The van der Waals surface area contributed by atoms with Crippen LogP contribution >= 0.6 is 15.9 Å². The Hall–Kier alpha value is -1.59. The van der Waals surface area contributed by atoms with Crippen LogP contribution < -0.4 is 5.32 Å². The van der Waals surface area contributed by atoms with E-state index in [0.29, 0.717) is 6.07 Å². The Labute approximate surface area is 121 Å². The van der Waals surface area contributed by atoms with E-state index in [1.54, 1.807) is 0 Å². The maximum atomic E-state index is 12.7. The molecule has 0 fully saturated rings. The van der Waals surface area contributed by atoms with E-state index < -0.39 is 28.9 Å². The zero-order chi connectivity index (χ0) is 15.6. The van der Waals surface area contributed by atoms with Crippen molar-refractivity contribution in [2.45, 2.75) is 18.7 Å². The molecular formula is C12H10BrF3N2O2. The van der Waals surface area contributed by atoms with Crippen molar-refractivity contribution < 1.29 is 23.1 Å². The number of benzene rings is 1. The number of carbonyl (C=O) groups excluding carboxylic acids is 1. The number of hydrogen-bond acceptors (Lipinski definition) is 2. The lowest BCUT2D eigenvalue weighted by Gasteiger charge is -2.20. The Morgan fingerprint density at radius 1 is 1.50 bits per heavy atom. The van der Waals surface area contributed by atoms with Crippen LogP contribution in [0.3, 0.4) is 0 Å². The minimum atomic E-state index is -4.70. The van der Waals surface area contributed by atoms with E-state index in [1.807, 2.05) is 0 Å². The van der Waals surface area contributed by atoms with Crippen LogP contribution in [0.2, 0.25) is 0 Å². The Bertz CT molecular complexity index is 565. The first-order valence-electron chi connectivity index (χ1n) is 5.30. The molecule has 1 amide bonds. The molecule has 1 aromatic rings. The van der Waals surface area contributed by atoms with Crippen LogP contribution in [-0.4, -0.2) is 21.9 Å². The number of aliphatic hydroxyl groups is 1. The molecule has 2 N–H and O–H groups in total. The lowest BCUT2D eigenvalue weighted by Crippen LogP contribution is -2.41. The van der Waals surface area contributed by atoms with Crippen molar-refractivity contribution in [1.82, 2.24) is 0 Å². The predicted octanol–water partition coefficient (Wildman–Crippen LogP) is 3.34. The maximum absolute atomic E-state index is 12.7. The number of hydrogen-bond donors (Lipinski definition) is 2. The number of carbonyl (C=O) groups is 1. The summed E-state index contributed by atoms with van der Waals surface area (Å²) in [5, 5.41) is 11.8. The molecule has 0 aromatic heterocycles. The van der Waals surface area contributed by atoms with Gasteiger partial charge < -0.3 is 10.4 Å². The second kappa shape index (κ2) is 5.81. The average Bonchev–Trinajstić information content (AvgIpc) is 2.37. The SMILES string of the molecule is [C-]#[N+]c1ccc(NC(=O)C(C)(O)CBr)cc1C(F)(F)F. The van der Waals surface area contributed by atoms with Gasteiger partial charge in [-0.25, -0.2) is 4.85 Å². The van der Waals surface area contributed by atoms with Crippen LogP contribution in [0.4, 0.5) is 24.5 Å². The summed E-state index contributed by atoms with van der Waals surface area (Å²) in [7, 11) is 0. The van der Waals surface area contributed by atoms with E-state index in [9.17, 15) is 23.1 Å². The van der Waals surface area contributed by atoms with Gasteiger partial charge in [-0.1, -0.05) is 22.0 Å². The van der Waals surface area contributed by atoms with Crippen LogP contribution in [0.25, 0.3) is 4.85 Å². The first-order chi connectivity index (χ1) is 9.11. The number of anilines is 1. The van der Waals surface area contributed by atoms with Gasteiger partial charge in [0.15, 0.2) is 5.69 Å². The fraction of sp³-hybridized carbons (Fsp3) is 0.333. The van der Waals surface area contributed by atoms with Gasteiger partial charge in [-0.05, 0) is 19.1 Å². The summed E-state index contributed by atoms with van der Waals surface area (Å²) in [5.41, 5.74) is -3.58. The molecule has 1 aromatic carbocycles. The van der Waals surface area contributed by atoms with E-state index in [4.69, 9.17) is 6.57 Å². The second-order valence-electron chi connectivity index (χ2n) is 4.20. The van der Waals surface area contributed by atoms with Crippen molar-refractivity contribution in [3.8, 4) is 0 Å². The van der Waals surface area contributed by atoms with Gasteiger partial charge in [-0.15, -0.1) is 0 Å². The predicted molar refractivity (Wildman–Crippen MR) is 70.8 cm³/mol. The Kier molecular flexibility index (Phi) is 4.78. The zero-order valence-corrected chi connectivity index (χ0v) is 11.8. The molecule has 0 spiro atoms. The molecule has 108 valence electrons. The summed E-state index contributed by atoms with van der Waals surface area (Å²) in [5.74, 6) is -0.849. The molecule has 4 nitrogen and oxygen atoms in total. The molecule has 1 unspecified atom stereocenters. The van der Waals surface area contributed by atoms with E-state index in [2.05, 4.69) is 26.1 Å². The van der Waals surface area contributed by atoms with E-state index >= 15 is 0 Å². The van der Waals surface area contributed by atoms with Crippen LogP contribution in [0.15, 0.2) is 18.2 Å². The van der Waals surface area contributed by atoms with Crippen molar-refractivity contribution in [2.24, 2.45) is 0 Å². The fourth-order valence-corrected chi connectivity index (χ4v) is 1.52. The molecular weight excluding hydrogens is 341 g/mol. The highest BCUT2D eigenvalue weighted by atomic mass is 79.9. The van der Waals surface area contributed by atoms with E-state index in [1.165, 1.54) is 13.0 Å². The highest BCUT2D eigenvalue weighted by molar-refractivity contribution is 9.09. The van der Waals surface area contributed by atoms with Gasteiger partial charge >= 0.3 is 6.18 Å². The van der Waals surface area contributed by atoms with Crippen molar-refractivity contribution in [3.63, 3.8) is 0 Å². The summed E-state index contributed by atoms with van der Waals surface area (Å²) >= 11 is 2.92. The molecule has 0 aliphatic heterocycles. The quantitative estimate of drug-likeness (QED) is 0.648. The van der Waals surface area contributed by atoms with E-state index in [-0.39, 0.29) is 11.0 Å². The standard InChI is InChI=1S/C12H10BrF3N2O2/c1-11(20,6-13)10(19)18-7-3-4-9(17-2)8(5-7)12(14,15)16/h3-5,20H,6H2,1H3,(H,18,19). The number of nitrogens with zero attached hydrogens (tertiary/aromatic N) is 1. The minimum Gasteiger partial charge on any atom is -0.379 e. The monoisotopic (exact) mass is 350 g/mol. The van der Waals surface area contributed by atoms with Gasteiger partial charge in [0.05, 0.1) is 12.1 Å². The first kappa shape index (κ1) is 16.5. The maximum Gasteiger partial charge on any atom is 0.407 e. The molecule has 1 atom stereocenters. The van der Waals surface area contributed by atoms with Crippen molar-refractivity contribution in [2.75, 3.05) is 10.6 Å². The van der Waals surface area contributed by atoms with Gasteiger partial charge in [0.1, 0.15) is 5.60 Å². The number of amides is 1. The summed E-state index contributed by atoms with van der Waals surface area (Å²) < 4.78 is 38.2. The molecule has 0 saturated carbocycles. The molecule has 0 aliphatic carbocycles. The van der Waals surface area contributed by atoms with Crippen molar-refractivity contribution in [3.05, 3.63) is 35.2 Å². The Morgan fingerprint density at radius 3 is 2.55 bits per heavy atom. The lowest BCUT2D eigenvalue weighted by atomic mass is 10.1. The number of nitrogens with one attached hydrogen (secondary N) is 1. The third kappa shape index (κ3) is 3.71. The minimum absolute atomic E-state index is 0.0713. The fourth-order valence-electron chi connectivity index (χ4n) is 1.26.